The van der Waals surface area contributed by atoms with Gasteiger partial charge in [0.1, 0.15) is 11.7 Å². The first kappa shape index (κ1) is 6.11. The number of carbonyl (C=O) groups is 1. The van der Waals surface area contributed by atoms with Gasteiger partial charge in [0.15, 0.2) is 0 Å². The van der Waals surface area contributed by atoms with E-state index < -0.39 is 0 Å². The molecule has 0 N–H and O–H groups in total. The lowest BCUT2D eigenvalue weighted by molar-refractivity contribution is -0.109. The van der Waals surface area contributed by atoms with Gasteiger partial charge in [-0.25, -0.2) is 0 Å². The summed E-state index contributed by atoms with van der Waals surface area (Å²) in [7, 11) is 1.97. The zero-order chi connectivity index (χ0) is 5.98. The number of hydrogen-bond donors (Lipinski definition) is 0. The Morgan fingerprint density at radius 2 is 2.62 bits per heavy atom. The summed E-state index contributed by atoms with van der Waals surface area (Å²) in [5.74, 6) is 1.10. The Morgan fingerprint density at radius 3 is 2.88 bits per heavy atom. The van der Waals surface area contributed by atoms with Crippen LogP contribution in [0.25, 0.3) is 0 Å². The van der Waals surface area contributed by atoms with Gasteiger partial charge < -0.3 is 4.79 Å². The Morgan fingerprint density at radius 1 is 1.88 bits per heavy atom. The molecule has 8 heavy (non-hydrogen) atoms. The molecule has 1 rings (SSSR count). The maximum absolute atomic E-state index is 10.2. The lowest BCUT2D eigenvalue weighted by Crippen LogP contribution is -2.24. The highest BCUT2D eigenvalue weighted by Gasteiger charge is 2.19. The fourth-order valence-corrected chi connectivity index (χ4v) is 1.79. The molecular formula is C5H9NOS. The topological polar surface area (TPSA) is 20.3 Å². The number of nitrogens with zero attached hydrogens (tertiary/aromatic N) is 1. The molecule has 1 unspecified atom stereocenters. The molecule has 0 spiro atoms. The van der Waals surface area contributed by atoms with Crippen LogP contribution in [0.5, 0.6) is 0 Å². The van der Waals surface area contributed by atoms with E-state index in [1.807, 2.05) is 7.05 Å². The average molecular weight is 131 g/mol. The summed E-state index contributed by atoms with van der Waals surface area (Å²) in [6, 6.07) is 0. The van der Waals surface area contributed by atoms with Crippen LogP contribution in [0.3, 0.4) is 0 Å². The van der Waals surface area contributed by atoms with Gasteiger partial charge in [-0.05, 0) is 7.05 Å². The van der Waals surface area contributed by atoms with E-state index in [0.29, 0.717) is 0 Å². The molecule has 1 fully saturated rings. The molecule has 0 bridgehead atoms. The van der Waals surface area contributed by atoms with Gasteiger partial charge in [0, 0.05) is 12.3 Å². The van der Waals surface area contributed by atoms with Crippen molar-refractivity contribution in [2.45, 2.75) is 5.37 Å². The molecule has 1 aliphatic heterocycles. The van der Waals surface area contributed by atoms with E-state index in [0.717, 1.165) is 18.6 Å². The zero-order valence-electron chi connectivity index (χ0n) is 4.83. The molecule has 2 nitrogen and oxygen atoms in total. The second-order valence-corrected chi connectivity index (χ2v) is 3.10. The smallest absolute Gasteiger partial charge is 0.147 e. The van der Waals surface area contributed by atoms with Crippen LogP contribution >= 0.6 is 11.8 Å². The number of likely N-dealkylation sites (N-methyl/N-ethyl adjacent to an activating group) is 1. The summed E-state index contributed by atoms with van der Waals surface area (Å²) < 4.78 is 0. The van der Waals surface area contributed by atoms with E-state index in [9.17, 15) is 4.79 Å². The lowest BCUT2D eigenvalue weighted by atomic mass is 10.6. The molecule has 0 radical (unpaired) electrons. The summed E-state index contributed by atoms with van der Waals surface area (Å²) in [6.07, 6.45) is 0.998. The van der Waals surface area contributed by atoms with E-state index in [1.165, 1.54) is 0 Å². The monoisotopic (exact) mass is 131 g/mol. The first-order valence-corrected chi connectivity index (χ1v) is 3.66. The van der Waals surface area contributed by atoms with Gasteiger partial charge in [-0.1, -0.05) is 0 Å². The van der Waals surface area contributed by atoms with Gasteiger partial charge in [-0.2, -0.15) is 0 Å². The predicted octanol–water partition coefficient (Wildman–Crippen LogP) is 0.190. The molecule has 3 heteroatoms. The van der Waals surface area contributed by atoms with Crippen LogP contribution in [-0.2, 0) is 4.79 Å². The Kier molecular flexibility index (Phi) is 1.91. The molecular weight excluding hydrogens is 122 g/mol. The van der Waals surface area contributed by atoms with E-state index in [4.69, 9.17) is 0 Å². The average Bonchev–Trinajstić information content (AvgIpc) is 2.14. The van der Waals surface area contributed by atoms with Gasteiger partial charge in [-0.3, -0.25) is 4.90 Å². The minimum Gasteiger partial charge on any atom is -0.301 e. The summed E-state index contributed by atoms with van der Waals surface area (Å²) in [5.41, 5.74) is 0. The summed E-state index contributed by atoms with van der Waals surface area (Å²) in [4.78, 5) is 12.2. The normalized spacial score (nSPS) is 30.9. The van der Waals surface area contributed by atoms with Crippen molar-refractivity contribution in [1.29, 1.82) is 0 Å². The molecule has 46 valence electrons. The van der Waals surface area contributed by atoms with E-state index in [2.05, 4.69) is 4.90 Å². The summed E-state index contributed by atoms with van der Waals surface area (Å²) in [6.45, 7) is 1.05. The molecule has 1 aliphatic rings. The van der Waals surface area contributed by atoms with Crippen LogP contribution in [0, 0.1) is 0 Å². The Bertz CT molecular complexity index is 96.4. The second kappa shape index (κ2) is 2.51. The van der Waals surface area contributed by atoms with Gasteiger partial charge in [0.05, 0.1) is 0 Å². The molecule has 1 saturated heterocycles. The Balaban J connectivity index is 2.41. The summed E-state index contributed by atoms with van der Waals surface area (Å²) in [5, 5.41) is 0.134. The predicted molar refractivity (Wildman–Crippen MR) is 34.9 cm³/mol. The van der Waals surface area contributed by atoms with Gasteiger partial charge in [0.25, 0.3) is 0 Å². The number of thioether (sulfide) groups is 1. The fourth-order valence-electron chi connectivity index (χ4n) is 0.715. The third-order valence-electron chi connectivity index (χ3n) is 1.28. The number of carbonyl (C=O) groups excluding carboxylic acids is 1. The summed E-state index contributed by atoms with van der Waals surface area (Å²) >= 11 is 1.71. The standard InChI is InChI=1S/C5H9NOS/c1-6-2-3-8-5(6)4-7/h4-5H,2-3H2,1H3. The van der Waals surface area contributed by atoms with Crippen LogP contribution in [0.1, 0.15) is 0 Å². The van der Waals surface area contributed by atoms with Crippen LogP contribution in [0.2, 0.25) is 0 Å². The van der Waals surface area contributed by atoms with Crippen molar-refractivity contribution in [2.75, 3.05) is 19.3 Å². The first-order valence-electron chi connectivity index (χ1n) is 2.62. The van der Waals surface area contributed by atoms with E-state index in [-0.39, 0.29) is 5.37 Å². The molecule has 0 aliphatic carbocycles. The molecule has 1 heterocycles. The molecule has 0 aromatic carbocycles. The van der Waals surface area contributed by atoms with Crippen molar-refractivity contribution in [3.8, 4) is 0 Å². The van der Waals surface area contributed by atoms with E-state index in [1.54, 1.807) is 11.8 Å². The minimum atomic E-state index is 0.134. The number of rotatable bonds is 1. The third-order valence-corrected chi connectivity index (χ3v) is 2.51. The van der Waals surface area contributed by atoms with Gasteiger partial charge >= 0.3 is 0 Å². The highest BCUT2D eigenvalue weighted by Crippen LogP contribution is 2.18. The first-order chi connectivity index (χ1) is 3.84. The molecule has 0 aromatic rings. The molecule has 0 saturated carbocycles. The van der Waals surface area contributed by atoms with Crippen LogP contribution in [0.4, 0.5) is 0 Å². The van der Waals surface area contributed by atoms with Gasteiger partial charge in [0.2, 0.25) is 0 Å². The third kappa shape index (κ3) is 1.03. The minimum absolute atomic E-state index is 0.134. The lowest BCUT2D eigenvalue weighted by Gasteiger charge is -2.09. The Hall–Kier alpha value is -0.0200. The zero-order valence-corrected chi connectivity index (χ0v) is 5.65. The SMILES string of the molecule is CN1CCSC1C=O. The van der Waals surface area contributed by atoms with Crippen molar-refractivity contribution in [1.82, 2.24) is 4.90 Å². The maximum atomic E-state index is 10.2. The van der Waals surface area contributed by atoms with Crippen molar-refractivity contribution >= 4 is 18.0 Å². The quantitative estimate of drug-likeness (QED) is 0.474. The molecule has 1 atom stereocenters. The van der Waals surface area contributed by atoms with Crippen LogP contribution < -0.4 is 0 Å². The highest BCUT2D eigenvalue weighted by molar-refractivity contribution is 8.00. The van der Waals surface area contributed by atoms with Crippen LogP contribution in [0.15, 0.2) is 0 Å². The van der Waals surface area contributed by atoms with Crippen molar-refractivity contribution < 1.29 is 4.79 Å². The van der Waals surface area contributed by atoms with Gasteiger partial charge in [-0.15, -0.1) is 11.8 Å². The maximum Gasteiger partial charge on any atom is 0.147 e. The second-order valence-electron chi connectivity index (χ2n) is 1.88. The molecule has 0 aromatic heterocycles. The number of aldehydes is 1. The fraction of sp³-hybridized carbons (Fsp3) is 0.800. The van der Waals surface area contributed by atoms with Crippen LogP contribution in [-0.4, -0.2) is 35.9 Å². The Labute approximate surface area is 53.2 Å². The highest BCUT2D eigenvalue weighted by atomic mass is 32.2. The largest absolute Gasteiger partial charge is 0.301 e. The van der Waals surface area contributed by atoms with E-state index >= 15 is 0 Å². The van der Waals surface area contributed by atoms with Crippen molar-refractivity contribution in [3.63, 3.8) is 0 Å². The molecule has 0 amide bonds. The number of hydrogen-bond acceptors (Lipinski definition) is 3. The van der Waals surface area contributed by atoms with Crippen molar-refractivity contribution in [3.05, 3.63) is 0 Å². The van der Waals surface area contributed by atoms with Crippen molar-refractivity contribution in [2.24, 2.45) is 0 Å².